The number of amides is 2. The van der Waals surface area contributed by atoms with Crippen molar-refractivity contribution in [3.63, 3.8) is 0 Å². The van der Waals surface area contributed by atoms with E-state index < -0.39 is 5.97 Å². The summed E-state index contributed by atoms with van der Waals surface area (Å²) in [7, 11) is 0. The lowest BCUT2D eigenvalue weighted by Gasteiger charge is -2.36. The molecular formula is C17H27N3O3S2. The van der Waals surface area contributed by atoms with Crippen molar-refractivity contribution >= 4 is 40.2 Å². The zero-order chi connectivity index (χ0) is 18.2. The first-order valence-electron chi connectivity index (χ1n) is 8.87. The fourth-order valence-electron chi connectivity index (χ4n) is 3.01. The molecule has 2 amide bonds. The summed E-state index contributed by atoms with van der Waals surface area (Å²) >= 11 is 2.54. The van der Waals surface area contributed by atoms with Gasteiger partial charge in [-0.3, -0.25) is 10.1 Å². The molecule has 2 rings (SSSR count). The maximum Gasteiger partial charge on any atom is 0.323 e. The van der Waals surface area contributed by atoms with Gasteiger partial charge < -0.3 is 10.0 Å². The lowest BCUT2D eigenvalue weighted by atomic mass is 9.86. The highest BCUT2D eigenvalue weighted by Gasteiger charge is 2.27. The average molecular weight is 386 g/mol. The molecule has 0 spiro atoms. The van der Waals surface area contributed by atoms with E-state index in [9.17, 15) is 9.59 Å². The van der Waals surface area contributed by atoms with Crippen LogP contribution in [0.5, 0.6) is 0 Å². The third-order valence-corrected chi connectivity index (χ3v) is 6.57. The van der Waals surface area contributed by atoms with Crippen LogP contribution in [0.4, 0.5) is 9.93 Å². The van der Waals surface area contributed by atoms with Gasteiger partial charge in [0.15, 0.2) is 5.13 Å². The van der Waals surface area contributed by atoms with Crippen LogP contribution >= 0.6 is 23.1 Å². The molecule has 0 radical (unpaired) electrons. The predicted molar refractivity (Wildman–Crippen MR) is 103 cm³/mol. The summed E-state index contributed by atoms with van der Waals surface area (Å²) in [6.45, 7) is 5.18. The molecule has 6 nitrogen and oxygen atoms in total. The van der Waals surface area contributed by atoms with Gasteiger partial charge in [-0.2, -0.15) is 0 Å². The molecule has 1 aromatic heterocycles. The van der Waals surface area contributed by atoms with Crippen molar-refractivity contribution in [2.75, 3.05) is 17.6 Å². The van der Waals surface area contributed by atoms with Crippen LogP contribution in [0.2, 0.25) is 0 Å². The number of rotatable bonds is 8. The topological polar surface area (TPSA) is 82.5 Å². The normalized spacial score (nSPS) is 20.2. The van der Waals surface area contributed by atoms with Crippen LogP contribution in [0.3, 0.4) is 0 Å². The van der Waals surface area contributed by atoms with E-state index in [4.69, 9.17) is 5.11 Å². The lowest BCUT2D eigenvalue weighted by molar-refractivity contribution is -0.133. The second-order valence-electron chi connectivity index (χ2n) is 6.56. The SMILES string of the molecule is CCCCN(C(=O)Nc1ncc(SCC(=O)O)s1)C1CCC(C)CC1. The first-order chi connectivity index (χ1) is 12.0. The first kappa shape index (κ1) is 20.0. The summed E-state index contributed by atoms with van der Waals surface area (Å²) < 4.78 is 0.796. The number of unbranched alkanes of at least 4 members (excludes halogenated alkanes) is 1. The average Bonchev–Trinajstić information content (AvgIpc) is 3.02. The molecule has 0 unspecified atom stereocenters. The van der Waals surface area contributed by atoms with Gasteiger partial charge in [0.25, 0.3) is 0 Å². The number of carboxylic acid groups (broad SMARTS) is 1. The Labute approximate surface area is 157 Å². The highest BCUT2D eigenvalue weighted by atomic mass is 32.2. The number of urea groups is 1. The van der Waals surface area contributed by atoms with Gasteiger partial charge >= 0.3 is 12.0 Å². The van der Waals surface area contributed by atoms with Gasteiger partial charge in [0.2, 0.25) is 0 Å². The van der Waals surface area contributed by atoms with E-state index in [0.717, 1.165) is 42.4 Å². The fraction of sp³-hybridized carbons (Fsp3) is 0.706. The Kier molecular flexibility index (Phi) is 8.02. The smallest absolute Gasteiger partial charge is 0.323 e. The van der Waals surface area contributed by atoms with Crippen molar-refractivity contribution in [1.29, 1.82) is 0 Å². The zero-order valence-electron chi connectivity index (χ0n) is 14.9. The van der Waals surface area contributed by atoms with Crippen molar-refractivity contribution in [2.24, 2.45) is 5.92 Å². The molecule has 0 aliphatic heterocycles. The minimum atomic E-state index is -0.860. The van der Waals surface area contributed by atoms with Gasteiger partial charge in [0.1, 0.15) is 0 Å². The molecule has 1 aliphatic rings. The van der Waals surface area contributed by atoms with E-state index in [1.165, 1.54) is 35.9 Å². The number of carboxylic acids is 1. The molecule has 1 aromatic rings. The van der Waals surface area contributed by atoms with E-state index in [2.05, 4.69) is 24.1 Å². The number of thiazole rings is 1. The maximum atomic E-state index is 12.8. The molecule has 1 saturated carbocycles. The van der Waals surface area contributed by atoms with Crippen molar-refractivity contribution in [2.45, 2.75) is 62.6 Å². The number of hydrogen-bond donors (Lipinski definition) is 2. The highest BCUT2D eigenvalue weighted by Crippen LogP contribution is 2.30. The van der Waals surface area contributed by atoms with Gasteiger partial charge in [-0.1, -0.05) is 31.6 Å². The third-order valence-electron chi connectivity index (χ3n) is 4.48. The first-order valence-corrected chi connectivity index (χ1v) is 10.7. The number of anilines is 1. The summed E-state index contributed by atoms with van der Waals surface area (Å²) in [4.78, 5) is 29.6. The minimum Gasteiger partial charge on any atom is -0.481 e. The molecule has 1 fully saturated rings. The molecule has 1 heterocycles. The predicted octanol–water partition coefficient (Wildman–Crippen LogP) is 4.53. The third kappa shape index (κ3) is 6.51. The molecular weight excluding hydrogens is 358 g/mol. The van der Waals surface area contributed by atoms with Crippen molar-refractivity contribution in [3.05, 3.63) is 6.20 Å². The highest BCUT2D eigenvalue weighted by molar-refractivity contribution is 8.01. The summed E-state index contributed by atoms with van der Waals surface area (Å²) in [5.74, 6) is -0.111. The summed E-state index contributed by atoms with van der Waals surface area (Å²) in [6.07, 6.45) is 8.15. The Morgan fingerprint density at radius 1 is 1.40 bits per heavy atom. The summed E-state index contributed by atoms with van der Waals surface area (Å²) in [6, 6.07) is 0.223. The molecule has 8 heteroatoms. The number of thioether (sulfide) groups is 1. The molecule has 0 saturated heterocycles. The van der Waals surface area contributed by atoms with Crippen molar-refractivity contribution < 1.29 is 14.7 Å². The quantitative estimate of drug-likeness (QED) is 0.642. The van der Waals surface area contributed by atoms with Crippen LogP contribution in [0.15, 0.2) is 10.4 Å². The number of carbonyl (C=O) groups excluding carboxylic acids is 1. The van der Waals surface area contributed by atoms with E-state index in [1.54, 1.807) is 6.20 Å². The van der Waals surface area contributed by atoms with Gasteiger partial charge in [-0.25, -0.2) is 9.78 Å². The second kappa shape index (κ2) is 10.0. The minimum absolute atomic E-state index is 0.00152. The van der Waals surface area contributed by atoms with Gasteiger partial charge in [0.05, 0.1) is 16.2 Å². The van der Waals surface area contributed by atoms with E-state index in [0.29, 0.717) is 11.2 Å². The Balaban J connectivity index is 1.95. The molecule has 0 aromatic carbocycles. The summed E-state index contributed by atoms with van der Waals surface area (Å²) in [5.41, 5.74) is 0. The summed E-state index contributed by atoms with van der Waals surface area (Å²) in [5, 5.41) is 12.2. The number of carbonyl (C=O) groups is 2. The number of hydrogen-bond acceptors (Lipinski definition) is 5. The van der Waals surface area contributed by atoms with E-state index in [-0.39, 0.29) is 11.8 Å². The van der Waals surface area contributed by atoms with Gasteiger partial charge in [-0.05, 0) is 38.0 Å². The van der Waals surface area contributed by atoms with Crippen molar-refractivity contribution in [3.8, 4) is 0 Å². The molecule has 0 bridgehead atoms. The maximum absolute atomic E-state index is 12.8. The second-order valence-corrected chi connectivity index (χ2v) is 8.86. The van der Waals surface area contributed by atoms with Crippen LogP contribution in [-0.4, -0.2) is 45.3 Å². The van der Waals surface area contributed by atoms with Crippen LogP contribution < -0.4 is 5.32 Å². The largest absolute Gasteiger partial charge is 0.481 e. The Morgan fingerprint density at radius 2 is 2.12 bits per heavy atom. The monoisotopic (exact) mass is 385 g/mol. The molecule has 1 aliphatic carbocycles. The van der Waals surface area contributed by atoms with Gasteiger partial charge in [0, 0.05) is 12.6 Å². The standard InChI is InChI=1S/C17H27N3O3S2/c1-3-4-9-20(13-7-5-12(2)6-8-13)17(23)19-16-18-10-15(25-16)24-11-14(21)22/h10,12-13H,3-9,11H2,1-2H3,(H,21,22)(H,18,19,23). The number of aliphatic carboxylic acids is 1. The van der Waals surface area contributed by atoms with Crippen LogP contribution in [0, 0.1) is 5.92 Å². The van der Waals surface area contributed by atoms with Crippen LogP contribution in [-0.2, 0) is 4.79 Å². The Hall–Kier alpha value is -1.28. The lowest BCUT2D eigenvalue weighted by Crippen LogP contribution is -2.45. The molecule has 2 N–H and O–H groups in total. The van der Waals surface area contributed by atoms with Crippen molar-refractivity contribution in [1.82, 2.24) is 9.88 Å². The Bertz CT molecular complexity index is 571. The molecule has 25 heavy (non-hydrogen) atoms. The molecule has 140 valence electrons. The van der Waals surface area contributed by atoms with E-state index in [1.807, 2.05) is 4.90 Å². The molecule has 0 atom stereocenters. The number of aromatic nitrogens is 1. The Morgan fingerprint density at radius 3 is 2.76 bits per heavy atom. The number of nitrogens with zero attached hydrogens (tertiary/aromatic N) is 2. The van der Waals surface area contributed by atoms with E-state index >= 15 is 0 Å². The van der Waals surface area contributed by atoms with Crippen LogP contribution in [0.25, 0.3) is 0 Å². The fourth-order valence-corrected chi connectivity index (χ4v) is 4.59. The van der Waals surface area contributed by atoms with Crippen LogP contribution in [0.1, 0.15) is 52.4 Å². The number of nitrogens with one attached hydrogen (secondary N) is 1. The zero-order valence-corrected chi connectivity index (χ0v) is 16.5. The van der Waals surface area contributed by atoms with Gasteiger partial charge in [-0.15, -0.1) is 11.8 Å².